The first-order valence-electron chi connectivity index (χ1n) is 10.5. The number of benzene rings is 3. The van der Waals surface area contributed by atoms with E-state index in [-0.39, 0.29) is 12.2 Å². The van der Waals surface area contributed by atoms with Crippen molar-refractivity contribution in [2.45, 2.75) is 22.7 Å². The standard InChI is InChI=1S/C25H22FN3O3S2/c1-16-18(15-34-24-27-20-6-2-3-7-21(20)28-24)5-4-8-22(16)33-14-13-32-25(31)29-23(30)17-9-11-19(26)12-10-17/h2-12H,13-15H2,1H3,(H,27,28)(H,29,30,31). The Morgan fingerprint density at radius 1 is 1.03 bits per heavy atom. The number of nitrogens with zero attached hydrogens (tertiary/aromatic N) is 1. The van der Waals surface area contributed by atoms with Gasteiger partial charge in [-0.3, -0.25) is 10.1 Å². The highest BCUT2D eigenvalue weighted by Gasteiger charge is 2.12. The zero-order chi connectivity index (χ0) is 23.9. The minimum atomic E-state index is -0.831. The molecule has 2 amide bonds. The lowest BCUT2D eigenvalue weighted by atomic mass is 10.1. The molecule has 0 aliphatic rings. The second kappa shape index (κ2) is 11.2. The molecule has 4 aromatic rings. The van der Waals surface area contributed by atoms with Crippen LogP contribution in [0.1, 0.15) is 21.5 Å². The van der Waals surface area contributed by atoms with Crippen molar-refractivity contribution in [2.24, 2.45) is 0 Å². The van der Waals surface area contributed by atoms with Crippen molar-refractivity contribution >= 4 is 46.6 Å². The summed E-state index contributed by atoms with van der Waals surface area (Å²) in [5.41, 5.74) is 4.54. The highest BCUT2D eigenvalue weighted by molar-refractivity contribution is 7.99. The molecule has 3 aromatic carbocycles. The lowest BCUT2D eigenvalue weighted by molar-refractivity contribution is 0.0925. The highest BCUT2D eigenvalue weighted by Crippen LogP contribution is 2.29. The Balaban J connectivity index is 1.24. The third kappa shape index (κ3) is 6.18. The van der Waals surface area contributed by atoms with Gasteiger partial charge in [-0.2, -0.15) is 0 Å². The average Bonchev–Trinajstić information content (AvgIpc) is 3.25. The minimum Gasteiger partial charge on any atom is -0.448 e. The lowest BCUT2D eigenvalue weighted by Crippen LogP contribution is -2.31. The van der Waals surface area contributed by atoms with Crippen molar-refractivity contribution in [1.82, 2.24) is 15.3 Å². The Kier molecular flexibility index (Phi) is 7.87. The Morgan fingerprint density at radius 3 is 2.62 bits per heavy atom. The fraction of sp³-hybridized carbons (Fsp3) is 0.160. The summed E-state index contributed by atoms with van der Waals surface area (Å²) in [6.07, 6.45) is -0.831. The number of thioether (sulfide) groups is 2. The first kappa shape index (κ1) is 23.8. The second-order valence-electron chi connectivity index (χ2n) is 7.33. The first-order valence-corrected chi connectivity index (χ1v) is 12.5. The van der Waals surface area contributed by atoms with Crippen LogP contribution in [-0.4, -0.2) is 34.3 Å². The normalized spacial score (nSPS) is 10.9. The van der Waals surface area contributed by atoms with Crippen LogP contribution >= 0.6 is 23.5 Å². The number of H-pyrrole nitrogens is 1. The number of carbonyl (C=O) groups is 2. The lowest BCUT2D eigenvalue weighted by Gasteiger charge is -2.11. The van der Waals surface area contributed by atoms with Crippen molar-refractivity contribution in [2.75, 3.05) is 12.4 Å². The van der Waals surface area contributed by atoms with Gasteiger partial charge in [0, 0.05) is 22.0 Å². The number of fused-ring (bicyclic) bond motifs is 1. The number of para-hydroxylation sites is 2. The third-order valence-electron chi connectivity index (χ3n) is 5.02. The molecule has 0 aliphatic heterocycles. The molecule has 0 atom stereocenters. The van der Waals surface area contributed by atoms with Crippen LogP contribution in [0, 0.1) is 12.7 Å². The van der Waals surface area contributed by atoms with Gasteiger partial charge in [0.05, 0.1) is 11.0 Å². The Bertz CT molecular complexity index is 1280. The number of aromatic amines is 1. The number of hydrogen-bond donors (Lipinski definition) is 2. The molecular weight excluding hydrogens is 473 g/mol. The summed E-state index contributed by atoms with van der Waals surface area (Å²) in [6, 6.07) is 19.0. The van der Waals surface area contributed by atoms with Crippen molar-refractivity contribution in [3.8, 4) is 0 Å². The van der Waals surface area contributed by atoms with Gasteiger partial charge in [0.25, 0.3) is 5.91 Å². The molecule has 2 N–H and O–H groups in total. The summed E-state index contributed by atoms with van der Waals surface area (Å²) < 4.78 is 18.0. The zero-order valence-electron chi connectivity index (χ0n) is 18.3. The van der Waals surface area contributed by atoms with Crippen molar-refractivity contribution < 1.29 is 18.7 Å². The van der Waals surface area contributed by atoms with Crippen molar-refractivity contribution in [1.29, 1.82) is 0 Å². The Morgan fingerprint density at radius 2 is 1.82 bits per heavy atom. The summed E-state index contributed by atoms with van der Waals surface area (Å²) >= 11 is 3.23. The number of alkyl carbamates (subject to hydrolysis) is 1. The topological polar surface area (TPSA) is 84.1 Å². The second-order valence-corrected chi connectivity index (χ2v) is 9.43. The number of carbonyl (C=O) groups excluding carboxylic acids is 2. The monoisotopic (exact) mass is 495 g/mol. The quantitative estimate of drug-likeness (QED) is 0.232. The van der Waals surface area contributed by atoms with Crippen molar-refractivity contribution in [3.63, 3.8) is 0 Å². The molecule has 9 heteroatoms. The first-order chi connectivity index (χ1) is 16.5. The minimum absolute atomic E-state index is 0.143. The summed E-state index contributed by atoms with van der Waals surface area (Å²) in [5.74, 6) is 0.232. The number of halogens is 1. The maximum Gasteiger partial charge on any atom is 0.414 e. The van der Waals surface area contributed by atoms with Gasteiger partial charge in [0.1, 0.15) is 12.4 Å². The van der Waals surface area contributed by atoms with Gasteiger partial charge in [0.15, 0.2) is 5.16 Å². The average molecular weight is 496 g/mol. The van der Waals surface area contributed by atoms with Crippen LogP contribution < -0.4 is 5.32 Å². The molecular formula is C25H22FN3O3S2. The van der Waals surface area contributed by atoms with Gasteiger partial charge in [-0.25, -0.2) is 14.2 Å². The molecule has 1 aromatic heterocycles. The van der Waals surface area contributed by atoms with E-state index < -0.39 is 17.8 Å². The molecule has 0 saturated carbocycles. The number of imide groups is 1. The fourth-order valence-electron chi connectivity index (χ4n) is 3.20. The molecule has 6 nitrogen and oxygen atoms in total. The van der Waals surface area contributed by atoms with Gasteiger partial charge < -0.3 is 9.72 Å². The summed E-state index contributed by atoms with van der Waals surface area (Å²) in [4.78, 5) is 32.9. The molecule has 0 aliphatic carbocycles. The van der Waals surface area contributed by atoms with Gasteiger partial charge in [-0.1, -0.05) is 36.0 Å². The third-order valence-corrected chi connectivity index (χ3v) is 7.07. The van der Waals surface area contributed by atoms with Crippen LogP contribution in [0.3, 0.4) is 0 Å². The molecule has 1 heterocycles. The van der Waals surface area contributed by atoms with Crippen LogP contribution in [0.2, 0.25) is 0 Å². The van der Waals surface area contributed by atoms with Gasteiger partial charge >= 0.3 is 6.09 Å². The smallest absolute Gasteiger partial charge is 0.414 e. The van der Waals surface area contributed by atoms with Crippen LogP contribution in [0.5, 0.6) is 0 Å². The van der Waals surface area contributed by atoms with Crippen molar-refractivity contribution in [3.05, 3.63) is 89.2 Å². The van der Waals surface area contributed by atoms with E-state index >= 15 is 0 Å². The summed E-state index contributed by atoms with van der Waals surface area (Å²) in [5, 5.41) is 3.02. The summed E-state index contributed by atoms with van der Waals surface area (Å²) in [7, 11) is 0. The predicted molar refractivity (Wildman–Crippen MR) is 133 cm³/mol. The number of imidazole rings is 1. The highest BCUT2D eigenvalue weighted by atomic mass is 32.2. The molecule has 0 bridgehead atoms. The number of rotatable bonds is 8. The number of hydrogen-bond acceptors (Lipinski definition) is 6. The zero-order valence-corrected chi connectivity index (χ0v) is 20.0. The number of amides is 2. The molecule has 0 unspecified atom stereocenters. The van der Waals surface area contributed by atoms with E-state index in [9.17, 15) is 14.0 Å². The maximum atomic E-state index is 12.9. The van der Waals surface area contributed by atoms with E-state index in [4.69, 9.17) is 4.74 Å². The number of ether oxygens (including phenoxy) is 1. The molecule has 0 fully saturated rings. The number of nitrogens with one attached hydrogen (secondary N) is 2. The van der Waals surface area contributed by atoms with E-state index in [1.807, 2.05) is 36.4 Å². The van der Waals surface area contributed by atoms with Gasteiger partial charge in [-0.05, 0) is 60.5 Å². The molecule has 0 saturated heterocycles. The molecule has 174 valence electrons. The Labute approximate surface area is 204 Å². The predicted octanol–water partition coefficient (Wildman–Crippen LogP) is 5.96. The fourth-order valence-corrected chi connectivity index (χ4v) is 5.06. The molecule has 0 radical (unpaired) electrons. The summed E-state index contributed by atoms with van der Waals surface area (Å²) in [6.45, 7) is 2.22. The van der Waals surface area contributed by atoms with E-state index in [1.54, 1.807) is 23.5 Å². The number of aromatic nitrogens is 2. The Hall–Kier alpha value is -3.30. The van der Waals surface area contributed by atoms with Crippen LogP contribution in [0.15, 0.2) is 76.8 Å². The van der Waals surface area contributed by atoms with Crippen LogP contribution in [0.4, 0.5) is 9.18 Å². The van der Waals surface area contributed by atoms with Gasteiger partial charge in [-0.15, -0.1) is 11.8 Å². The van der Waals surface area contributed by atoms with Gasteiger partial charge in [0.2, 0.25) is 0 Å². The van der Waals surface area contributed by atoms with Crippen LogP contribution in [0.25, 0.3) is 11.0 Å². The van der Waals surface area contributed by atoms with E-state index in [2.05, 4.69) is 28.3 Å². The molecule has 34 heavy (non-hydrogen) atoms. The van der Waals surface area contributed by atoms with E-state index in [0.717, 1.165) is 39.0 Å². The van der Waals surface area contributed by atoms with Crippen LogP contribution in [-0.2, 0) is 10.5 Å². The molecule has 4 rings (SSSR count). The maximum absolute atomic E-state index is 12.9. The van der Waals surface area contributed by atoms with E-state index in [0.29, 0.717) is 5.75 Å². The molecule has 0 spiro atoms. The van der Waals surface area contributed by atoms with E-state index in [1.165, 1.54) is 23.3 Å². The SMILES string of the molecule is Cc1c(CSc2nc3ccccc3[nH]2)cccc1SCCOC(=O)NC(=O)c1ccc(F)cc1. The largest absolute Gasteiger partial charge is 0.448 e.